The van der Waals surface area contributed by atoms with Gasteiger partial charge in [-0.25, -0.2) is 18.3 Å². The Morgan fingerprint density at radius 3 is 0.803 bits per heavy atom. The molecule has 0 fully saturated rings. The molecule has 5 aromatic rings. The molecule has 0 bridgehead atoms. The van der Waals surface area contributed by atoms with Crippen molar-refractivity contribution in [2.45, 2.75) is 232 Å². The average Bonchev–Trinajstić information content (AvgIpc) is 3.35. The second kappa shape index (κ2) is 22.7. The first-order valence-corrected chi connectivity index (χ1v) is 27.8. The van der Waals surface area contributed by atoms with Crippen LogP contribution in [0.15, 0.2) is 86.0 Å². The quantitative estimate of drug-likeness (QED) is 0.0547. The molecule has 9 rings (SSSR count). The standard InChI is InChI=1S/C62H86N4/c1-5-9-13-33-63-37-29-51-47(43-63)21-17-25-55(51)59-41-61(57-27-19-23-49-45-65(35-15-11-7-3)39-31-53(49)57)62(58-28-20-24-50-46-66(36-16-12-8-4)40-32-54(50)58)42-60(59)56-26-18-22-48-44-64(34-14-10-6-2)38-30-52(48)56/h29-32,37-46,55-58H,5-28,33-36H2,1-4H3/q+4. The second-order valence-corrected chi connectivity index (χ2v) is 21.4. The molecule has 0 aliphatic heterocycles. The fourth-order valence-corrected chi connectivity index (χ4v) is 13.1. The maximum Gasteiger partial charge on any atom is 0.172 e. The van der Waals surface area contributed by atoms with Crippen molar-refractivity contribution in [3.05, 3.63) is 153 Å². The van der Waals surface area contributed by atoms with Crippen LogP contribution in [0, 0.1) is 0 Å². The Morgan fingerprint density at radius 2 is 0.576 bits per heavy atom. The van der Waals surface area contributed by atoms with Crippen LogP contribution in [0.1, 0.15) is 247 Å². The van der Waals surface area contributed by atoms with E-state index in [2.05, 4.69) is 132 Å². The number of fused-ring (bicyclic) bond motifs is 4. The third-order valence-corrected chi connectivity index (χ3v) is 16.7. The van der Waals surface area contributed by atoms with Gasteiger partial charge in [0.25, 0.3) is 0 Å². The molecule has 0 radical (unpaired) electrons. The van der Waals surface area contributed by atoms with Gasteiger partial charge in [-0.1, -0.05) is 65.5 Å². The van der Waals surface area contributed by atoms with Crippen LogP contribution in [-0.2, 0) is 51.9 Å². The van der Waals surface area contributed by atoms with Gasteiger partial charge in [-0.15, -0.1) is 0 Å². The van der Waals surface area contributed by atoms with Crippen molar-refractivity contribution in [2.24, 2.45) is 0 Å². The van der Waals surface area contributed by atoms with E-state index >= 15 is 0 Å². The molecule has 4 heterocycles. The Balaban J connectivity index is 1.22. The molecular formula is C62H86N4+4. The van der Waals surface area contributed by atoms with E-state index in [1.807, 2.05) is 0 Å². The Kier molecular flexibility index (Phi) is 16.2. The van der Waals surface area contributed by atoms with Crippen LogP contribution in [0.5, 0.6) is 0 Å². The molecule has 4 nitrogen and oxygen atoms in total. The van der Waals surface area contributed by atoms with Crippen molar-refractivity contribution >= 4 is 0 Å². The number of benzene rings is 1. The molecule has 4 aromatic heterocycles. The summed E-state index contributed by atoms with van der Waals surface area (Å²) in [5.74, 6) is 1.70. The molecule has 350 valence electrons. The molecule has 0 N–H and O–H groups in total. The van der Waals surface area contributed by atoms with Crippen LogP contribution in [0.3, 0.4) is 0 Å². The fourth-order valence-electron chi connectivity index (χ4n) is 13.1. The van der Waals surface area contributed by atoms with E-state index in [4.69, 9.17) is 0 Å². The van der Waals surface area contributed by atoms with Crippen molar-refractivity contribution in [2.75, 3.05) is 0 Å². The molecule has 4 aliphatic rings. The third-order valence-electron chi connectivity index (χ3n) is 16.7. The zero-order valence-electron chi connectivity index (χ0n) is 42.0. The summed E-state index contributed by atoms with van der Waals surface area (Å²) >= 11 is 0. The van der Waals surface area contributed by atoms with Crippen molar-refractivity contribution < 1.29 is 18.3 Å². The van der Waals surface area contributed by atoms with Gasteiger partial charge in [0.2, 0.25) is 0 Å². The Morgan fingerprint density at radius 1 is 0.333 bits per heavy atom. The fraction of sp³-hybridized carbons (Fsp3) is 0.581. The molecule has 66 heavy (non-hydrogen) atoms. The molecule has 0 saturated carbocycles. The summed E-state index contributed by atoms with van der Waals surface area (Å²) in [6.07, 6.45) is 50.2. The van der Waals surface area contributed by atoms with E-state index < -0.39 is 0 Å². The zero-order chi connectivity index (χ0) is 45.2. The van der Waals surface area contributed by atoms with E-state index in [9.17, 15) is 0 Å². The van der Waals surface area contributed by atoms with Gasteiger partial charge in [0.1, 0.15) is 26.2 Å². The maximum absolute atomic E-state index is 2.89. The first-order chi connectivity index (χ1) is 32.6. The lowest BCUT2D eigenvalue weighted by molar-refractivity contribution is -0.698. The Bertz CT molecular complexity index is 2060. The van der Waals surface area contributed by atoms with Crippen LogP contribution < -0.4 is 18.3 Å². The highest BCUT2D eigenvalue weighted by Gasteiger charge is 2.37. The highest BCUT2D eigenvalue weighted by atomic mass is 14.9. The number of unbranched alkanes of at least 4 members (excludes halogenated alkanes) is 8. The molecule has 4 heteroatoms. The van der Waals surface area contributed by atoms with E-state index in [1.54, 1.807) is 66.8 Å². The van der Waals surface area contributed by atoms with Crippen molar-refractivity contribution in [1.29, 1.82) is 0 Å². The zero-order valence-corrected chi connectivity index (χ0v) is 42.0. The van der Waals surface area contributed by atoms with Crippen LogP contribution in [-0.4, -0.2) is 0 Å². The summed E-state index contributed by atoms with van der Waals surface area (Å²) in [5, 5.41) is 0. The van der Waals surface area contributed by atoms with Gasteiger partial charge in [0.15, 0.2) is 49.6 Å². The molecule has 0 amide bonds. The van der Waals surface area contributed by atoms with E-state index in [1.165, 1.54) is 154 Å². The Labute approximate surface area is 400 Å². The second-order valence-electron chi connectivity index (χ2n) is 21.4. The van der Waals surface area contributed by atoms with Gasteiger partial charge in [0.05, 0.1) is 0 Å². The lowest BCUT2D eigenvalue weighted by atomic mass is 9.67. The molecule has 4 aliphatic carbocycles. The molecule has 0 spiro atoms. The summed E-state index contributed by atoms with van der Waals surface area (Å²) in [6.45, 7) is 13.8. The lowest BCUT2D eigenvalue weighted by Gasteiger charge is -2.36. The van der Waals surface area contributed by atoms with Crippen molar-refractivity contribution in [3.63, 3.8) is 0 Å². The smallest absolute Gasteiger partial charge is 0.172 e. The summed E-state index contributed by atoms with van der Waals surface area (Å²) < 4.78 is 10.1. The molecule has 0 saturated heterocycles. The monoisotopic (exact) mass is 887 g/mol. The largest absolute Gasteiger partial charge is 0.205 e. The number of nitrogens with zero attached hydrogens (tertiary/aromatic N) is 4. The summed E-state index contributed by atoms with van der Waals surface area (Å²) in [4.78, 5) is 0. The number of aromatic nitrogens is 4. The van der Waals surface area contributed by atoms with Crippen molar-refractivity contribution in [1.82, 2.24) is 0 Å². The number of aryl methyl sites for hydroxylation is 8. The van der Waals surface area contributed by atoms with Crippen LogP contribution in [0.2, 0.25) is 0 Å². The van der Waals surface area contributed by atoms with Gasteiger partial charge in [0, 0.05) is 95.9 Å². The molecular weight excluding hydrogens is 801 g/mol. The maximum atomic E-state index is 2.89. The van der Waals surface area contributed by atoms with Crippen LogP contribution in [0.4, 0.5) is 0 Å². The first-order valence-electron chi connectivity index (χ1n) is 27.8. The minimum Gasteiger partial charge on any atom is -0.205 e. The SMILES string of the molecule is CCCCC[n+]1ccc2c(c1)CCCC2c1cc(C2CCCc3c[n+](CCCCC)ccc32)c(C2CCCc3c[n+](CCCCC)ccc32)cc1C1CCCc2c[n+](CCCCC)ccc21. The van der Waals surface area contributed by atoms with Crippen molar-refractivity contribution in [3.8, 4) is 0 Å². The Hall–Kier alpha value is -4.18. The molecule has 4 atom stereocenters. The summed E-state index contributed by atoms with van der Waals surface area (Å²) in [7, 11) is 0. The number of rotatable bonds is 20. The molecule has 4 unspecified atom stereocenters. The van der Waals surface area contributed by atoms with Crippen LogP contribution in [0.25, 0.3) is 0 Å². The minimum atomic E-state index is 0.426. The van der Waals surface area contributed by atoms with E-state index in [-0.39, 0.29) is 0 Å². The third kappa shape index (κ3) is 10.6. The van der Waals surface area contributed by atoms with E-state index in [0.717, 1.165) is 26.2 Å². The van der Waals surface area contributed by atoms with Gasteiger partial charge < -0.3 is 0 Å². The van der Waals surface area contributed by atoms with E-state index in [0.29, 0.717) is 23.7 Å². The predicted molar refractivity (Wildman–Crippen MR) is 270 cm³/mol. The first kappa shape index (κ1) is 46.9. The molecule has 1 aromatic carbocycles. The minimum absolute atomic E-state index is 0.426. The topological polar surface area (TPSA) is 15.5 Å². The van der Waals surface area contributed by atoms with Crippen LogP contribution >= 0.6 is 0 Å². The van der Waals surface area contributed by atoms with Gasteiger partial charge in [-0.3, -0.25) is 0 Å². The van der Waals surface area contributed by atoms with Gasteiger partial charge in [-0.05, 0) is 147 Å². The normalized spacial score (nSPS) is 20.1. The predicted octanol–water partition coefficient (Wildman–Crippen LogP) is 13.5. The number of hydrogen-bond acceptors (Lipinski definition) is 0. The summed E-state index contributed by atoms with van der Waals surface area (Å²) in [6, 6.07) is 16.0. The number of hydrogen-bond donors (Lipinski definition) is 0. The highest BCUT2D eigenvalue weighted by molar-refractivity contribution is 5.56. The average molecular weight is 887 g/mol. The number of pyridine rings is 4. The van der Waals surface area contributed by atoms with Gasteiger partial charge in [-0.2, -0.15) is 0 Å². The van der Waals surface area contributed by atoms with Gasteiger partial charge >= 0.3 is 0 Å². The lowest BCUT2D eigenvalue weighted by Crippen LogP contribution is -2.35. The highest BCUT2D eigenvalue weighted by Crippen LogP contribution is 2.50. The summed E-state index contributed by atoms with van der Waals surface area (Å²) in [5.41, 5.74) is 19.5.